The van der Waals surface area contributed by atoms with Gasteiger partial charge in [0, 0.05) is 0 Å². The van der Waals surface area contributed by atoms with E-state index < -0.39 is 13.6 Å². The molecule has 0 amide bonds. The quantitative estimate of drug-likeness (QED) is 0.642. The first-order valence-electron chi connectivity index (χ1n) is 2.41. The van der Waals surface area contributed by atoms with Crippen molar-refractivity contribution in [1.82, 2.24) is 0 Å². The van der Waals surface area contributed by atoms with Crippen LogP contribution in [-0.2, 0) is 2.79 Å². The van der Waals surface area contributed by atoms with Crippen LogP contribution < -0.4 is 0 Å². The van der Waals surface area contributed by atoms with E-state index in [0.717, 1.165) is 0 Å². The van der Waals surface area contributed by atoms with Gasteiger partial charge in [0.2, 0.25) is 0 Å². The Labute approximate surface area is 55.3 Å². The molecule has 0 saturated carbocycles. The van der Waals surface area contributed by atoms with E-state index in [9.17, 15) is 0 Å². The van der Waals surface area contributed by atoms with E-state index in [1.165, 1.54) is 0 Å². The van der Waals surface area contributed by atoms with Gasteiger partial charge in [-0.25, -0.2) is 0 Å². The van der Waals surface area contributed by atoms with Crippen LogP contribution in [-0.4, -0.2) is 29.4 Å². The molecule has 42 valence electrons. The molecule has 0 unspecified atom stereocenters. The van der Waals surface area contributed by atoms with Crippen LogP contribution in [0.15, 0.2) is 0 Å². The van der Waals surface area contributed by atoms with Gasteiger partial charge < -0.3 is 0 Å². The molecule has 0 aliphatic carbocycles. The molecule has 0 N–H and O–H groups in total. The Morgan fingerprint density at radius 1 is 1.29 bits per heavy atom. The van der Waals surface area contributed by atoms with Gasteiger partial charge in [0.25, 0.3) is 0 Å². The molecule has 0 spiro atoms. The summed E-state index contributed by atoms with van der Waals surface area (Å²) in [6.45, 7) is 0. The first-order chi connectivity index (χ1) is 3.06. The summed E-state index contributed by atoms with van der Waals surface area (Å²) in [6, 6.07) is 0. The van der Waals surface area contributed by atoms with E-state index in [1.54, 1.807) is 0 Å². The van der Waals surface area contributed by atoms with Crippen LogP contribution in [0.3, 0.4) is 0 Å². The summed E-state index contributed by atoms with van der Waals surface area (Å²) >= 11 is -1.53. The second-order valence-electron chi connectivity index (χ2n) is 2.42. The van der Waals surface area contributed by atoms with Crippen LogP contribution in [0.1, 0.15) is 0 Å². The number of rotatable bonds is 2. The van der Waals surface area contributed by atoms with Gasteiger partial charge in [0.1, 0.15) is 0 Å². The molecule has 0 aromatic heterocycles. The van der Waals surface area contributed by atoms with Crippen LogP contribution in [0.5, 0.6) is 0 Å². The van der Waals surface area contributed by atoms with E-state index in [1.807, 2.05) is 0 Å². The van der Waals surface area contributed by atoms with Crippen LogP contribution in [0.25, 0.3) is 0 Å². The average molecular weight is 221 g/mol. The summed E-state index contributed by atoms with van der Waals surface area (Å²) < 4.78 is 5.54. The van der Waals surface area contributed by atoms with Crippen molar-refractivity contribution < 1.29 is 2.79 Å². The maximum absolute atomic E-state index is 5.54. The molecule has 3 heteroatoms. The Bertz CT molecular complexity index is 48.1. The van der Waals surface area contributed by atoms with Gasteiger partial charge in [0.15, 0.2) is 0 Å². The van der Waals surface area contributed by atoms with E-state index in [4.69, 9.17) is 2.79 Å². The van der Waals surface area contributed by atoms with Crippen molar-refractivity contribution in [3.63, 3.8) is 0 Å². The zero-order valence-electron chi connectivity index (χ0n) is 5.41. The predicted octanol–water partition coefficient (Wildman–Crippen LogP) is 1.51. The van der Waals surface area contributed by atoms with E-state index >= 15 is 0 Å². The Balaban J connectivity index is 3.15. The number of hydrogen-bond donors (Lipinski definition) is 0. The molecule has 0 aliphatic heterocycles. The second kappa shape index (κ2) is 3.15. The monoisotopic (exact) mass is 224 g/mol. The SMILES string of the molecule is [CH3][Ge][O][Ge]([CH3])([CH3])[CH3]. The Morgan fingerprint density at radius 2 is 1.71 bits per heavy atom. The minimum absolute atomic E-state index is 0.00694. The molecule has 0 aromatic carbocycles. The number of hydrogen-bond acceptors (Lipinski definition) is 1. The van der Waals surface area contributed by atoms with Crippen molar-refractivity contribution in [2.75, 3.05) is 0 Å². The van der Waals surface area contributed by atoms with Crippen molar-refractivity contribution in [2.45, 2.75) is 23.0 Å². The third-order valence-electron chi connectivity index (χ3n) is 0.408. The summed E-state index contributed by atoms with van der Waals surface area (Å²) in [6.07, 6.45) is 0. The summed E-state index contributed by atoms with van der Waals surface area (Å²) in [4.78, 5) is 0. The first kappa shape index (κ1) is 8.05. The molecule has 0 bridgehead atoms. The predicted molar refractivity (Wildman–Crippen MR) is 36.0 cm³/mol. The first-order valence-corrected chi connectivity index (χ1v) is 12.5. The van der Waals surface area contributed by atoms with Crippen molar-refractivity contribution in [2.24, 2.45) is 0 Å². The van der Waals surface area contributed by atoms with Crippen molar-refractivity contribution >= 4 is 29.4 Å². The third-order valence-corrected chi connectivity index (χ3v) is 11.0. The molecular weight excluding hydrogens is 209 g/mol. The average Bonchev–Trinajstić information content (AvgIpc) is 1.30. The maximum atomic E-state index is 5.54. The van der Waals surface area contributed by atoms with Gasteiger partial charge in [-0.3, -0.25) is 0 Å². The molecule has 0 saturated heterocycles. The van der Waals surface area contributed by atoms with Crippen LogP contribution in [0.2, 0.25) is 23.0 Å². The summed E-state index contributed by atoms with van der Waals surface area (Å²) in [5.41, 5.74) is 0. The summed E-state index contributed by atoms with van der Waals surface area (Å²) in [5, 5.41) is 0. The molecule has 0 aliphatic rings. The van der Waals surface area contributed by atoms with E-state index in [0.29, 0.717) is 0 Å². The normalized spacial score (nSPS) is 12.0. The van der Waals surface area contributed by atoms with Gasteiger partial charge in [-0.05, 0) is 0 Å². The standard InChI is InChI=1S/C4H12Ge2O/c1-5-7-6(2,3)4/h1-4H3. The molecule has 7 heavy (non-hydrogen) atoms. The van der Waals surface area contributed by atoms with Gasteiger partial charge in [0.05, 0.1) is 0 Å². The molecule has 0 aromatic rings. The molecule has 1 nitrogen and oxygen atoms in total. The Kier molecular flexibility index (Phi) is 3.62. The molecule has 2 radical (unpaired) electrons. The molecule has 0 fully saturated rings. The molecule has 0 heterocycles. The van der Waals surface area contributed by atoms with E-state index in [-0.39, 0.29) is 15.8 Å². The van der Waals surface area contributed by atoms with Gasteiger partial charge in [-0.15, -0.1) is 0 Å². The summed E-state index contributed by atoms with van der Waals surface area (Å²) in [7, 11) is 0. The third kappa shape index (κ3) is 7.05. The zero-order valence-corrected chi connectivity index (χ0v) is 9.60. The molecule has 0 atom stereocenters. The van der Waals surface area contributed by atoms with E-state index in [2.05, 4.69) is 23.0 Å². The Hall–Kier alpha value is 1.05. The van der Waals surface area contributed by atoms with Crippen LogP contribution in [0.4, 0.5) is 0 Å². The fourth-order valence-electron chi connectivity index (χ4n) is 0.306. The molecule has 0 rings (SSSR count). The molecular formula is C4H12Ge2O. The zero-order chi connectivity index (χ0) is 5.91. The second-order valence-corrected chi connectivity index (χ2v) is 14.8. The van der Waals surface area contributed by atoms with Gasteiger partial charge >= 0.3 is 55.2 Å². The van der Waals surface area contributed by atoms with Gasteiger partial charge in [-0.1, -0.05) is 0 Å². The topological polar surface area (TPSA) is 9.23 Å². The van der Waals surface area contributed by atoms with Crippen LogP contribution in [0, 0.1) is 0 Å². The van der Waals surface area contributed by atoms with Gasteiger partial charge in [-0.2, -0.15) is 0 Å². The van der Waals surface area contributed by atoms with Crippen molar-refractivity contribution in [1.29, 1.82) is 0 Å². The minimum atomic E-state index is -1.52. The van der Waals surface area contributed by atoms with Crippen molar-refractivity contribution in [3.05, 3.63) is 0 Å². The Morgan fingerprint density at radius 3 is 1.71 bits per heavy atom. The van der Waals surface area contributed by atoms with Crippen LogP contribution >= 0.6 is 0 Å². The van der Waals surface area contributed by atoms with Crippen molar-refractivity contribution in [3.8, 4) is 0 Å². The fourth-order valence-corrected chi connectivity index (χ4v) is 8.27. The fraction of sp³-hybridized carbons (Fsp3) is 1.00. The summed E-state index contributed by atoms with van der Waals surface area (Å²) in [5.74, 6) is 8.99.